The molecule has 1 aliphatic carbocycles. The van der Waals surface area contributed by atoms with Crippen LogP contribution in [0.2, 0.25) is 0 Å². The average Bonchev–Trinajstić information content (AvgIpc) is 2.67. The van der Waals surface area contributed by atoms with Crippen molar-refractivity contribution in [3.63, 3.8) is 0 Å². The van der Waals surface area contributed by atoms with Crippen LogP contribution < -0.4 is 0 Å². The molecule has 0 saturated heterocycles. The van der Waals surface area contributed by atoms with Crippen LogP contribution in [0.3, 0.4) is 0 Å². The molecule has 2 rings (SSSR count). The summed E-state index contributed by atoms with van der Waals surface area (Å²) in [6.07, 6.45) is 6.02. The number of carbonyl (C=O) groups is 1. The van der Waals surface area contributed by atoms with Crippen LogP contribution in [0, 0.1) is 8.99 Å². The van der Waals surface area contributed by atoms with Crippen LogP contribution in [0.5, 0.6) is 0 Å². The highest BCUT2D eigenvalue weighted by molar-refractivity contribution is 14.1. The van der Waals surface area contributed by atoms with E-state index >= 15 is 0 Å². The van der Waals surface area contributed by atoms with E-state index in [2.05, 4.69) is 27.7 Å². The molecule has 0 atom stereocenters. The van der Waals surface area contributed by atoms with Crippen LogP contribution in [-0.2, 0) is 11.3 Å². The minimum absolute atomic E-state index is 0.0130. The minimum Gasteiger partial charge on any atom is -0.481 e. The summed E-state index contributed by atoms with van der Waals surface area (Å²) < 4.78 is 2.94. The van der Waals surface area contributed by atoms with Gasteiger partial charge in [-0.3, -0.25) is 9.48 Å². The van der Waals surface area contributed by atoms with Crippen molar-refractivity contribution in [2.24, 2.45) is 5.41 Å². The van der Waals surface area contributed by atoms with Gasteiger partial charge < -0.3 is 5.11 Å². The average molecular weight is 306 g/mol. The van der Waals surface area contributed by atoms with Gasteiger partial charge in [-0.25, -0.2) is 0 Å². The zero-order valence-electron chi connectivity index (χ0n) is 7.61. The second-order valence-corrected chi connectivity index (χ2v) is 5.17. The number of nitrogens with zero attached hydrogens (tertiary/aromatic N) is 2. The van der Waals surface area contributed by atoms with Gasteiger partial charge in [0.1, 0.15) is 0 Å². The quantitative estimate of drug-likeness (QED) is 0.862. The zero-order valence-corrected chi connectivity index (χ0v) is 9.77. The van der Waals surface area contributed by atoms with Gasteiger partial charge >= 0.3 is 5.97 Å². The van der Waals surface area contributed by atoms with Crippen molar-refractivity contribution in [2.75, 3.05) is 0 Å². The molecular formula is C9H11IN2O2. The van der Waals surface area contributed by atoms with Gasteiger partial charge in [0.25, 0.3) is 0 Å². The SMILES string of the molecule is O=C(O)CC1(Cn2cc(I)cn2)CC1. The third-order valence-corrected chi connectivity index (χ3v) is 3.14. The Morgan fingerprint density at radius 3 is 2.86 bits per heavy atom. The van der Waals surface area contributed by atoms with Crippen LogP contribution in [0.15, 0.2) is 12.4 Å². The van der Waals surface area contributed by atoms with Crippen molar-refractivity contribution >= 4 is 28.6 Å². The summed E-state index contributed by atoms with van der Waals surface area (Å²) in [4.78, 5) is 10.6. The highest BCUT2D eigenvalue weighted by atomic mass is 127. The molecule has 0 radical (unpaired) electrons. The summed E-state index contributed by atoms with van der Waals surface area (Å²) in [6.45, 7) is 0.738. The van der Waals surface area contributed by atoms with Gasteiger partial charge in [-0.15, -0.1) is 0 Å². The van der Waals surface area contributed by atoms with Gasteiger partial charge in [-0.05, 0) is 35.4 Å². The van der Waals surface area contributed by atoms with Crippen LogP contribution in [0.1, 0.15) is 19.3 Å². The maximum absolute atomic E-state index is 10.6. The Balaban J connectivity index is 2.00. The van der Waals surface area contributed by atoms with Crippen molar-refractivity contribution in [3.05, 3.63) is 16.0 Å². The molecule has 5 heteroatoms. The molecule has 1 heterocycles. The van der Waals surface area contributed by atoms with Gasteiger partial charge in [0, 0.05) is 18.2 Å². The molecule has 0 aromatic carbocycles. The number of carboxylic acids is 1. The van der Waals surface area contributed by atoms with Crippen LogP contribution >= 0.6 is 22.6 Å². The number of hydrogen-bond donors (Lipinski definition) is 1. The van der Waals surface area contributed by atoms with Crippen LogP contribution in [0.4, 0.5) is 0 Å². The largest absolute Gasteiger partial charge is 0.481 e. The van der Waals surface area contributed by atoms with Crippen molar-refractivity contribution in [2.45, 2.75) is 25.8 Å². The number of hydrogen-bond acceptors (Lipinski definition) is 2. The van der Waals surface area contributed by atoms with Gasteiger partial charge in [-0.2, -0.15) is 5.10 Å². The highest BCUT2D eigenvalue weighted by Gasteiger charge is 2.44. The summed E-state index contributed by atoms with van der Waals surface area (Å²) >= 11 is 2.20. The van der Waals surface area contributed by atoms with Crippen molar-refractivity contribution in [1.29, 1.82) is 0 Å². The fraction of sp³-hybridized carbons (Fsp3) is 0.556. The third kappa shape index (κ3) is 2.26. The fourth-order valence-corrected chi connectivity index (χ4v) is 2.10. The molecule has 1 N–H and O–H groups in total. The van der Waals surface area contributed by atoms with Gasteiger partial charge in [0.15, 0.2) is 0 Å². The number of halogens is 1. The second kappa shape index (κ2) is 3.52. The molecule has 4 nitrogen and oxygen atoms in total. The van der Waals surface area contributed by atoms with E-state index in [0.29, 0.717) is 0 Å². The number of aliphatic carboxylic acids is 1. The summed E-state index contributed by atoms with van der Waals surface area (Å²) in [5, 5.41) is 12.9. The molecule has 1 aliphatic rings. The van der Waals surface area contributed by atoms with Crippen molar-refractivity contribution in [3.8, 4) is 0 Å². The summed E-state index contributed by atoms with van der Waals surface area (Å²) in [5.74, 6) is -0.704. The molecule has 1 aromatic rings. The molecule has 0 aliphatic heterocycles. The van der Waals surface area contributed by atoms with E-state index in [0.717, 1.165) is 23.0 Å². The first-order chi connectivity index (χ1) is 6.60. The summed E-state index contributed by atoms with van der Waals surface area (Å²) in [5.41, 5.74) is -0.0130. The Labute approximate surface area is 95.4 Å². The molecule has 0 spiro atoms. The van der Waals surface area contributed by atoms with E-state index in [9.17, 15) is 4.79 Å². The van der Waals surface area contributed by atoms with E-state index in [-0.39, 0.29) is 11.8 Å². The normalized spacial score (nSPS) is 18.1. The standard InChI is InChI=1S/C9H11IN2O2/c10-7-4-11-12(5-7)6-9(1-2-9)3-8(13)14/h4-5H,1-3,6H2,(H,13,14). The molecule has 1 fully saturated rings. The van der Waals surface area contributed by atoms with Gasteiger partial charge in [0.05, 0.1) is 16.2 Å². The molecule has 76 valence electrons. The van der Waals surface area contributed by atoms with E-state index < -0.39 is 5.97 Å². The van der Waals surface area contributed by atoms with Gasteiger partial charge in [-0.1, -0.05) is 0 Å². The monoisotopic (exact) mass is 306 g/mol. The van der Waals surface area contributed by atoms with E-state index in [1.807, 2.05) is 10.9 Å². The fourth-order valence-electron chi connectivity index (χ4n) is 1.66. The Bertz CT molecular complexity index is 357. The van der Waals surface area contributed by atoms with Gasteiger partial charge in [0.2, 0.25) is 0 Å². The molecule has 0 bridgehead atoms. The minimum atomic E-state index is -0.704. The maximum atomic E-state index is 10.6. The zero-order chi connectivity index (χ0) is 10.2. The Hall–Kier alpha value is -0.590. The number of aromatic nitrogens is 2. The first-order valence-electron chi connectivity index (χ1n) is 4.49. The molecule has 1 saturated carbocycles. The van der Waals surface area contributed by atoms with Crippen molar-refractivity contribution < 1.29 is 9.90 Å². The molecule has 14 heavy (non-hydrogen) atoms. The van der Waals surface area contributed by atoms with E-state index in [4.69, 9.17) is 5.11 Å². The lowest BCUT2D eigenvalue weighted by molar-refractivity contribution is -0.138. The summed E-state index contributed by atoms with van der Waals surface area (Å²) in [7, 11) is 0. The lowest BCUT2D eigenvalue weighted by Gasteiger charge is -2.11. The van der Waals surface area contributed by atoms with Crippen molar-refractivity contribution in [1.82, 2.24) is 9.78 Å². The first-order valence-corrected chi connectivity index (χ1v) is 5.57. The molecular weight excluding hydrogens is 295 g/mol. The number of rotatable bonds is 4. The van der Waals surface area contributed by atoms with E-state index in [1.165, 1.54) is 0 Å². The number of carboxylic acid groups (broad SMARTS) is 1. The summed E-state index contributed by atoms with van der Waals surface area (Å²) in [6, 6.07) is 0. The third-order valence-electron chi connectivity index (χ3n) is 2.58. The first kappa shape index (κ1) is 9.95. The Morgan fingerprint density at radius 2 is 2.43 bits per heavy atom. The van der Waals surface area contributed by atoms with Crippen LogP contribution in [0.25, 0.3) is 0 Å². The predicted octanol–water partition coefficient (Wildman–Crippen LogP) is 1.74. The van der Waals surface area contributed by atoms with E-state index in [1.54, 1.807) is 6.20 Å². The molecule has 0 unspecified atom stereocenters. The lowest BCUT2D eigenvalue weighted by Crippen LogP contribution is -2.16. The van der Waals surface area contributed by atoms with Crippen LogP contribution in [-0.4, -0.2) is 20.9 Å². The molecule has 0 amide bonds. The Morgan fingerprint density at radius 1 is 1.71 bits per heavy atom. The topological polar surface area (TPSA) is 55.1 Å². The Kier molecular flexibility index (Phi) is 2.50. The highest BCUT2D eigenvalue weighted by Crippen LogP contribution is 2.50. The maximum Gasteiger partial charge on any atom is 0.303 e. The second-order valence-electron chi connectivity index (χ2n) is 3.93. The smallest absolute Gasteiger partial charge is 0.303 e. The predicted molar refractivity (Wildman–Crippen MR) is 58.9 cm³/mol. The lowest BCUT2D eigenvalue weighted by atomic mass is 10.0. The molecule has 1 aromatic heterocycles.